The van der Waals surface area contributed by atoms with Crippen molar-refractivity contribution in [1.29, 1.82) is 0 Å². The largest absolute Gasteiger partial charge is 0.478 e. The number of nitrogens with one attached hydrogen (secondary N) is 1. The molecule has 0 unspecified atom stereocenters. The van der Waals surface area contributed by atoms with Gasteiger partial charge in [-0.2, -0.15) is 0 Å². The lowest BCUT2D eigenvalue weighted by molar-refractivity contribution is 0.0691. The fourth-order valence-corrected chi connectivity index (χ4v) is 3.88. The van der Waals surface area contributed by atoms with Crippen molar-refractivity contribution in [2.24, 2.45) is 0 Å². The quantitative estimate of drug-likeness (QED) is 0.451. The highest BCUT2D eigenvalue weighted by Crippen LogP contribution is 2.44. The van der Waals surface area contributed by atoms with Gasteiger partial charge in [-0.05, 0) is 34.4 Å². The Bertz CT molecular complexity index is 1200. The highest BCUT2D eigenvalue weighted by atomic mass is 19.1. The highest BCUT2D eigenvalue weighted by Gasteiger charge is 2.28. The van der Waals surface area contributed by atoms with Gasteiger partial charge in [-0.3, -0.25) is 0 Å². The molecule has 160 valence electrons. The van der Waals surface area contributed by atoms with Gasteiger partial charge in [0.1, 0.15) is 18.0 Å². The zero-order valence-electron chi connectivity index (χ0n) is 17.1. The number of halogens is 1. The van der Waals surface area contributed by atoms with E-state index in [2.05, 4.69) is 41.4 Å². The molecule has 1 amide bonds. The Morgan fingerprint density at radius 2 is 1.62 bits per heavy atom. The molecule has 0 heterocycles. The van der Waals surface area contributed by atoms with Gasteiger partial charge < -0.3 is 15.2 Å². The van der Waals surface area contributed by atoms with Crippen LogP contribution in [0.5, 0.6) is 0 Å². The van der Waals surface area contributed by atoms with Crippen molar-refractivity contribution in [2.45, 2.75) is 12.3 Å². The number of alkyl carbamates (subject to hydrolysis) is 1. The summed E-state index contributed by atoms with van der Waals surface area (Å²) < 4.78 is 19.1. The number of ether oxygens (including phenoxy) is 1. The Morgan fingerprint density at radius 3 is 2.28 bits per heavy atom. The van der Waals surface area contributed by atoms with Crippen LogP contribution in [-0.2, 0) is 4.74 Å². The van der Waals surface area contributed by atoms with E-state index in [1.807, 2.05) is 24.3 Å². The molecule has 0 radical (unpaired) electrons. The maximum absolute atomic E-state index is 13.7. The van der Waals surface area contributed by atoms with Crippen molar-refractivity contribution in [3.8, 4) is 23.0 Å². The Labute approximate surface area is 184 Å². The molecule has 0 atom stereocenters. The van der Waals surface area contributed by atoms with Gasteiger partial charge in [-0.1, -0.05) is 66.4 Å². The summed E-state index contributed by atoms with van der Waals surface area (Å²) in [7, 11) is 0. The summed E-state index contributed by atoms with van der Waals surface area (Å²) in [5, 5.41) is 11.7. The Hall–Kier alpha value is -4.11. The van der Waals surface area contributed by atoms with Gasteiger partial charge in [0.15, 0.2) is 0 Å². The van der Waals surface area contributed by atoms with E-state index in [0.29, 0.717) is 0 Å². The average Bonchev–Trinajstić information content (AvgIpc) is 3.11. The molecule has 6 heteroatoms. The molecule has 32 heavy (non-hydrogen) atoms. The predicted molar refractivity (Wildman–Crippen MR) is 118 cm³/mol. The highest BCUT2D eigenvalue weighted by molar-refractivity contribution is 5.91. The first-order valence-corrected chi connectivity index (χ1v) is 10.2. The third-order valence-electron chi connectivity index (χ3n) is 5.31. The van der Waals surface area contributed by atoms with Crippen LogP contribution in [0.2, 0.25) is 0 Å². The van der Waals surface area contributed by atoms with Gasteiger partial charge in [0.05, 0.1) is 0 Å². The minimum absolute atomic E-state index is 0.0182. The van der Waals surface area contributed by atoms with Gasteiger partial charge in [0, 0.05) is 24.4 Å². The van der Waals surface area contributed by atoms with E-state index >= 15 is 0 Å². The second-order valence-corrected chi connectivity index (χ2v) is 7.27. The number of benzene rings is 3. The standard InChI is InChI=1S/C26H20FNO4/c27-23-14-7-9-17(24(23)25(29)30)8-5-6-15-28-26(31)32-16-22-20-12-3-1-10-18(20)19-11-2-4-13-21(19)22/h1-4,7,9-14,22H,6,15-16H2,(H,28,31)(H,29,30). The fourth-order valence-electron chi connectivity index (χ4n) is 3.88. The summed E-state index contributed by atoms with van der Waals surface area (Å²) in [5.41, 5.74) is 4.23. The molecule has 5 nitrogen and oxygen atoms in total. The van der Waals surface area contributed by atoms with E-state index in [4.69, 9.17) is 9.84 Å². The normalized spacial score (nSPS) is 11.7. The van der Waals surface area contributed by atoms with Crippen molar-refractivity contribution in [2.75, 3.05) is 13.2 Å². The molecule has 0 saturated heterocycles. The minimum Gasteiger partial charge on any atom is -0.478 e. The number of hydrogen-bond donors (Lipinski definition) is 2. The molecule has 3 aromatic rings. The van der Waals surface area contributed by atoms with Crippen LogP contribution in [0, 0.1) is 17.7 Å². The number of carboxylic acid groups (broad SMARTS) is 1. The third kappa shape index (κ3) is 4.33. The number of hydrogen-bond acceptors (Lipinski definition) is 3. The summed E-state index contributed by atoms with van der Waals surface area (Å²) in [4.78, 5) is 23.3. The van der Waals surface area contributed by atoms with Crippen molar-refractivity contribution < 1.29 is 23.8 Å². The zero-order valence-corrected chi connectivity index (χ0v) is 17.1. The van der Waals surface area contributed by atoms with Gasteiger partial charge in [0.25, 0.3) is 0 Å². The van der Waals surface area contributed by atoms with E-state index in [9.17, 15) is 14.0 Å². The van der Waals surface area contributed by atoms with E-state index in [0.717, 1.165) is 28.3 Å². The van der Waals surface area contributed by atoms with E-state index in [-0.39, 0.29) is 31.1 Å². The molecule has 0 saturated carbocycles. The number of carbonyl (C=O) groups is 2. The molecule has 1 aliphatic rings. The van der Waals surface area contributed by atoms with Crippen molar-refractivity contribution >= 4 is 12.1 Å². The third-order valence-corrected chi connectivity index (χ3v) is 5.31. The average molecular weight is 429 g/mol. The Morgan fingerprint density at radius 1 is 0.969 bits per heavy atom. The van der Waals surface area contributed by atoms with Gasteiger partial charge in [-0.15, -0.1) is 0 Å². The molecule has 0 aliphatic heterocycles. The first kappa shape index (κ1) is 21.1. The first-order valence-electron chi connectivity index (χ1n) is 10.2. The molecule has 0 fully saturated rings. The van der Waals surface area contributed by atoms with Crippen LogP contribution in [0.25, 0.3) is 11.1 Å². The number of rotatable bonds is 5. The smallest absolute Gasteiger partial charge is 0.407 e. The monoisotopic (exact) mass is 429 g/mol. The van der Waals surface area contributed by atoms with Crippen LogP contribution in [0.4, 0.5) is 9.18 Å². The zero-order chi connectivity index (χ0) is 22.5. The number of aromatic carboxylic acids is 1. The molecule has 3 aromatic carbocycles. The van der Waals surface area contributed by atoms with E-state index in [1.54, 1.807) is 0 Å². The van der Waals surface area contributed by atoms with Crippen LogP contribution in [0.15, 0.2) is 66.7 Å². The number of amides is 1. The molecule has 0 bridgehead atoms. The molecule has 4 rings (SSSR count). The Kier molecular flexibility index (Phi) is 6.18. The van der Waals surface area contributed by atoms with Crippen molar-refractivity contribution in [3.05, 3.63) is 94.8 Å². The van der Waals surface area contributed by atoms with Crippen LogP contribution in [0.3, 0.4) is 0 Å². The summed E-state index contributed by atoms with van der Waals surface area (Å²) in [5.74, 6) is 3.18. The van der Waals surface area contributed by atoms with Crippen LogP contribution in [-0.4, -0.2) is 30.3 Å². The number of carboxylic acids is 1. The van der Waals surface area contributed by atoms with Gasteiger partial charge in [-0.25, -0.2) is 14.0 Å². The molecule has 1 aliphatic carbocycles. The molecular formula is C26H20FNO4. The van der Waals surface area contributed by atoms with Crippen LogP contribution >= 0.6 is 0 Å². The van der Waals surface area contributed by atoms with Crippen LogP contribution < -0.4 is 5.32 Å². The minimum atomic E-state index is -1.37. The lowest BCUT2D eigenvalue weighted by Crippen LogP contribution is -2.26. The molecule has 2 N–H and O–H groups in total. The van der Waals surface area contributed by atoms with E-state index < -0.39 is 23.4 Å². The van der Waals surface area contributed by atoms with Gasteiger partial charge in [0.2, 0.25) is 0 Å². The second-order valence-electron chi connectivity index (χ2n) is 7.27. The summed E-state index contributed by atoms with van der Waals surface area (Å²) in [6, 6.07) is 20.1. The number of carbonyl (C=O) groups excluding carboxylic acids is 1. The topological polar surface area (TPSA) is 75.6 Å². The molecular weight excluding hydrogens is 409 g/mol. The predicted octanol–water partition coefficient (Wildman–Crippen LogP) is 4.80. The summed E-state index contributed by atoms with van der Waals surface area (Å²) in [6.07, 6.45) is -0.287. The van der Waals surface area contributed by atoms with Gasteiger partial charge >= 0.3 is 12.1 Å². The van der Waals surface area contributed by atoms with Crippen molar-refractivity contribution in [3.63, 3.8) is 0 Å². The lowest BCUT2D eigenvalue weighted by Gasteiger charge is -2.14. The lowest BCUT2D eigenvalue weighted by atomic mass is 9.98. The maximum atomic E-state index is 13.7. The van der Waals surface area contributed by atoms with Crippen molar-refractivity contribution in [1.82, 2.24) is 5.32 Å². The second kappa shape index (κ2) is 9.36. The fraction of sp³-hybridized carbons (Fsp3) is 0.154. The molecule has 0 aromatic heterocycles. The molecule has 0 spiro atoms. The number of fused-ring (bicyclic) bond motifs is 3. The maximum Gasteiger partial charge on any atom is 0.407 e. The van der Waals surface area contributed by atoms with E-state index in [1.165, 1.54) is 12.1 Å². The SMILES string of the molecule is O=C(NCCC#Cc1cccc(F)c1C(=O)O)OCC1c2ccccc2-c2ccccc21. The summed E-state index contributed by atoms with van der Waals surface area (Å²) >= 11 is 0. The summed E-state index contributed by atoms with van der Waals surface area (Å²) in [6.45, 7) is 0.443. The first-order chi connectivity index (χ1) is 15.6. The Balaban J connectivity index is 1.31. The van der Waals surface area contributed by atoms with Crippen LogP contribution in [0.1, 0.15) is 39.4 Å².